The van der Waals surface area contributed by atoms with Gasteiger partial charge in [-0.05, 0) is 42.9 Å². The number of halogens is 1. The molecule has 2 rings (SSSR count). The highest BCUT2D eigenvalue weighted by Crippen LogP contribution is 2.39. The molecule has 1 aromatic rings. The van der Waals surface area contributed by atoms with Crippen LogP contribution in [0.3, 0.4) is 0 Å². The lowest BCUT2D eigenvalue weighted by atomic mass is 10.1. The Balaban J connectivity index is 2.08. The van der Waals surface area contributed by atoms with Crippen molar-refractivity contribution in [1.29, 1.82) is 0 Å². The summed E-state index contributed by atoms with van der Waals surface area (Å²) in [5, 5.41) is 0. The summed E-state index contributed by atoms with van der Waals surface area (Å²) < 4.78 is 1.11. The summed E-state index contributed by atoms with van der Waals surface area (Å²) in [5.41, 5.74) is 8.34. The molecule has 0 heterocycles. The summed E-state index contributed by atoms with van der Waals surface area (Å²) in [6.07, 6.45) is 1.38. The van der Waals surface area contributed by atoms with Crippen LogP contribution in [0.5, 0.6) is 0 Å². The minimum absolute atomic E-state index is 0.0761. The van der Waals surface area contributed by atoms with E-state index in [1.165, 1.54) is 17.7 Å². The van der Waals surface area contributed by atoms with Crippen LogP contribution in [0.2, 0.25) is 0 Å². The second kappa shape index (κ2) is 4.99. The van der Waals surface area contributed by atoms with E-state index in [-0.39, 0.29) is 6.04 Å². The van der Waals surface area contributed by atoms with Crippen LogP contribution in [-0.2, 0) is 0 Å². The third-order valence-electron chi connectivity index (χ3n) is 3.70. The van der Waals surface area contributed by atoms with Gasteiger partial charge in [0, 0.05) is 29.8 Å². The van der Waals surface area contributed by atoms with E-state index < -0.39 is 0 Å². The third kappa shape index (κ3) is 3.02. The van der Waals surface area contributed by atoms with Crippen molar-refractivity contribution in [2.24, 2.45) is 17.6 Å². The fraction of sp³-hybridized carbons (Fsp3) is 0.571. The van der Waals surface area contributed by atoms with Crippen LogP contribution >= 0.6 is 15.9 Å². The molecular formula is C14H21BrN2. The Bertz CT molecular complexity index is 403. The molecule has 0 aliphatic heterocycles. The number of nitrogens with zero attached hydrogens (tertiary/aromatic N) is 1. The van der Waals surface area contributed by atoms with Crippen LogP contribution < -0.4 is 10.6 Å². The first kappa shape index (κ1) is 12.9. The van der Waals surface area contributed by atoms with Gasteiger partial charge < -0.3 is 10.6 Å². The fourth-order valence-corrected chi connectivity index (χ4v) is 2.96. The van der Waals surface area contributed by atoms with Gasteiger partial charge in [-0.3, -0.25) is 0 Å². The Morgan fingerprint density at radius 1 is 1.53 bits per heavy atom. The Hall–Kier alpha value is -0.540. The van der Waals surface area contributed by atoms with Gasteiger partial charge in [0.25, 0.3) is 0 Å². The molecule has 17 heavy (non-hydrogen) atoms. The first-order valence-electron chi connectivity index (χ1n) is 6.25. The highest BCUT2D eigenvalue weighted by molar-refractivity contribution is 9.10. The summed E-state index contributed by atoms with van der Waals surface area (Å²) in [6, 6.07) is 6.53. The van der Waals surface area contributed by atoms with Crippen molar-refractivity contribution in [3.8, 4) is 0 Å². The van der Waals surface area contributed by atoms with Crippen LogP contribution in [0.4, 0.5) is 5.69 Å². The number of nitrogens with two attached hydrogens (primary N) is 1. The predicted octanol–water partition coefficient (Wildman–Crippen LogP) is 3.56. The Labute approximate surface area is 112 Å². The average molecular weight is 297 g/mol. The lowest BCUT2D eigenvalue weighted by Crippen LogP contribution is -2.20. The Morgan fingerprint density at radius 2 is 2.18 bits per heavy atom. The number of rotatable bonds is 4. The van der Waals surface area contributed by atoms with Crippen LogP contribution in [-0.4, -0.2) is 13.6 Å². The highest BCUT2D eigenvalue weighted by atomic mass is 79.9. The number of benzene rings is 1. The zero-order valence-corrected chi connectivity index (χ0v) is 12.4. The van der Waals surface area contributed by atoms with Gasteiger partial charge in [-0.1, -0.05) is 28.9 Å². The average Bonchev–Trinajstić information content (AvgIpc) is 2.93. The van der Waals surface area contributed by atoms with Crippen molar-refractivity contribution in [1.82, 2.24) is 0 Å². The second-order valence-electron chi connectivity index (χ2n) is 5.35. The zero-order chi connectivity index (χ0) is 12.6. The Kier molecular flexibility index (Phi) is 3.79. The molecule has 0 bridgehead atoms. The molecule has 1 fully saturated rings. The molecule has 1 aromatic carbocycles. The van der Waals surface area contributed by atoms with E-state index in [9.17, 15) is 0 Å². The molecule has 0 saturated heterocycles. The standard InChI is InChI=1S/C14H21BrN2/c1-9-6-11(9)8-17(3)12-4-5-13(10(2)16)14(15)7-12/h4-5,7,9-11H,6,8,16H2,1-3H3/t9?,10-,11?/m1/s1. The zero-order valence-electron chi connectivity index (χ0n) is 10.8. The molecule has 1 aliphatic rings. The van der Waals surface area contributed by atoms with Gasteiger partial charge in [-0.25, -0.2) is 0 Å². The van der Waals surface area contributed by atoms with Crippen LogP contribution in [0.1, 0.15) is 31.9 Å². The summed E-state index contributed by atoms with van der Waals surface area (Å²) in [5.74, 6) is 1.79. The second-order valence-corrected chi connectivity index (χ2v) is 6.20. The van der Waals surface area contributed by atoms with Gasteiger partial charge >= 0.3 is 0 Å². The summed E-state index contributed by atoms with van der Waals surface area (Å²) in [4.78, 5) is 2.34. The van der Waals surface area contributed by atoms with E-state index in [2.05, 4.69) is 53.0 Å². The van der Waals surface area contributed by atoms with Gasteiger partial charge in [-0.2, -0.15) is 0 Å². The maximum absolute atomic E-state index is 5.91. The van der Waals surface area contributed by atoms with Gasteiger partial charge in [0.05, 0.1) is 0 Å². The molecule has 2 unspecified atom stereocenters. The monoisotopic (exact) mass is 296 g/mol. The maximum Gasteiger partial charge on any atom is 0.0375 e. The summed E-state index contributed by atoms with van der Waals surface area (Å²) >= 11 is 3.60. The molecule has 1 saturated carbocycles. The van der Waals surface area contributed by atoms with E-state index in [1.807, 2.05) is 6.92 Å². The molecule has 0 amide bonds. The van der Waals surface area contributed by atoms with Crippen molar-refractivity contribution >= 4 is 21.6 Å². The quantitative estimate of drug-likeness (QED) is 0.920. The first-order chi connectivity index (χ1) is 7.99. The minimum atomic E-state index is 0.0761. The van der Waals surface area contributed by atoms with E-state index in [4.69, 9.17) is 5.73 Å². The van der Waals surface area contributed by atoms with Crippen molar-refractivity contribution in [3.05, 3.63) is 28.2 Å². The van der Waals surface area contributed by atoms with Gasteiger partial charge in [0.2, 0.25) is 0 Å². The molecule has 2 nitrogen and oxygen atoms in total. The SMILES string of the molecule is CC1CC1CN(C)c1ccc([C@@H](C)N)c(Br)c1. The van der Waals surface area contributed by atoms with Crippen molar-refractivity contribution in [2.75, 3.05) is 18.5 Å². The smallest absolute Gasteiger partial charge is 0.0375 e. The van der Waals surface area contributed by atoms with E-state index in [1.54, 1.807) is 0 Å². The summed E-state index contributed by atoms with van der Waals surface area (Å²) in [6.45, 7) is 5.49. The lowest BCUT2D eigenvalue weighted by Gasteiger charge is -2.21. The Morgan fingerprint density at radius 3 is 2.65 bits per heavy atom. The van der Waals surface area contributed by atoms with E-state index >= 15 is 0 Å². The molecule has 0 aromatic heterocycles. The van der Waals surface area contributed by atoms with E-state index in [0.717, 1.165) is 22.9 Å². The van der Waals surface area contributed by atoms with Gasteiger partial charge in [0.1, 0.15) is 0 Å². The van der Waals surface area contributed by atoms with Crippen molar-refractivity contribution < 1.29 is 0 Å². The minimum Gasteiger partial charge on any atom is -0.374 e. The number of hydrogen-bond donors (Lipinski definition) is 1. The number of anilines is 1. The highest BCUT2D eigenvalue weighted by Gasteiger charge is 2.33. The van der Waals surface area contributed by atoms with Crippen LogP contribution in [0, 0.1) is 11.8 Å². The van der Waals surface area contributed by atoms with Crippen LogP contribution in [0.15, 0.2) is 22.7 Å². The van der Waals surface area contributed by atoms with Gasteiger partial charge in [-0.15, -0.1) is 0 Å². The van der Waals surface area contributed by atoms with Crippen LogP contribution in [0.25, 0.3) is 0 Å². The topological polar surface area (TPSA) is 29.3 Å². The predicted molar refractivity (Wildman–Crippen MR) is 77.3 cm³/mol. The largest absolute Gasteiger partial charge is 0.374 e. The summed E-state index contributed by atoms with van der Waals surface area (Å²) in [7, 11) is 2.17. The normalized spacial score (nSPS) is 24.5. The molecule has 0 radical (unpaired) electrons. The fourth-order valence-electron chi connectivity index (χ4n) is 2.23. The third-order valence-corrected chi connectivity index (χ3v) is 4.39. The molecule has 3 atom stereocenters. The number of hydrogen-bond acceptors (Lipinski definition) is 2. The van der Waals surface area contributed by atoms with E-state index in [0.29, 0.717) is 0 Å². The molecule has 3 heteroatoms. The molecule has 1 aliphatic carbocycles. The van der Waals surface area contributed by atoms with Gasteiger partial charge in [0.15, 0.2) is 0 Å². The van der Waals surface area contributed by atoms with Crippen molar-refractivity contribution in [3.63, 3.8) is 0 Å². The molecule has 0 spiro atoms. The molecule has 2 N–H and O–H groups in total. The maximum atomic E-state index is 5.91. The lowest BCUT2D eigenvalue weighted by molar-refractivity contribution is 0.724. The first-order valence-corrected chi connectivity index (χ1v) is 7.04. The van der Waals surface area contributed by atoms with Crippen molar-refractivity contribution in [2.45, 2.75) is 26.3 Å². The molecular weight excluding hydrogens is 276 g/mol. The molecule has 94 valence electrons.